The van der Waals surface area contributed by atoms with Crippen LogP contribution in [-0.4, -0.2) is 11.1 Å². The monoisotopic (exact) mass is 212 g/mol. The van der Waals surface area contributed by atoms with Gasteiger partial charge in [-0.25, -0.2) is 4.79 Å². The fourth-order valence-corrected chi connectivity index (χ4v) is 0.941. The molecule has 0 aliphatic heterocycles. The van der Waals surface area contributed by atoms with Gasteiger partial charge in [-0.1, -0.05) is 45.4 Å². The van der Waals surface area contributed by atoms with Gasteiger partial charge in [0.15, 0.2) is 0 Å². The highest BCUT2D eigenvalue weighted by Gasteiger charge is 1.86. The molecule has 0 aromatic heterocycles. The molecule has 0 radical (unpaired) electrons. The lowest BCUT2D eigenvalue weighted by Gasteiger charge is -1.93. The van der Waals surface area contributed by atoms with E-state index in [0.717, 1.165) is 6.08 Å². The highest BCUT2D eigenvalue weighted by molar-refractivity contribution is 5.79. The first-order valence-electron chi connectivity index (χ1n) is 5.31. The minimum Gasteiger partial charge on any atom is -0.478 e. The van der Waals surface area contributed by atoms with Crippen LogP contribution < -0.4 is 0 Å². The normalized spacial score (nSPS) is 10.1. The Hall–Kier alpha value is -1.05. The third-order valence-corrected chi connectivity index (χ3v) is 1.29. The Bertz CT molecular complexity index is 219. The topological polar surface area (TPSA) is 37.3 Å². The van der Waals surface area contributed by atoms with Crippen LogP contribution in [0.3, 0.4) is 0 Å². The molecule has 0 fully saturated rings. The fraction of sp³-hybridized carbons (Fsp3) is 0.615. The van der Waals surface area contributed by atoms with Crippen LogP contribution in [0.15, 0.2) is 23.8 Å². The summed E-state index contributed by atoms with van der Waals surface area (Å²) in [6.45, 7) is 12.5. The van der Waals surface area contributed by atoms with E-state index < -0.39 is 5.97 Å². The zero-order chi connectivity index (χ0) is 12.4. The van der Waals surface area contributed by atoms with E-state index in [2.05, 4.69) is 33.8 Å². The molecule has 0 spiro atoms. The summed E-state index contributed by atoms with van der Waals surface area (Å²) in [6, 6.07) is 0. The van der Waals surface area contributed by atoms with Crippen molar-refractivity contribution in [1.82, 2.24) is 0 Å². The number of hydrogen-bond donors (Lipinski definition) is 1. The van der Waals surface area contributed by atoms with Gasteiger partial charge in [-0.3, -0.25) is 0 Å². The maximum atomic E-state index is 9.82. The van der Waals surface area contributed by atoms with Gasteiger partial charge in [0.1, 0.15) is 0 Å². The summed E-state index contributed by atoms with van der Waals surface area (Å²) >= 11 is 0. The molecule has 0 aromatic carbocycles. The minimum atomic E-state index is -0.876. The zero-order valence-electron chi connectivity index (χ0n) is 10.7. The lowest BCUT2D eigenvalue weighted by Crippen LogP contribution is -1.87. The Morgan fingerprint density at radius 3 is 1.60 bits per heavy atom. The first kappa shape index (κ1) is 16.4. The van der Waals surface area contributed by atoms with Crippen molar-refractivity contribution in [3.63, 3.8) is 0 Å². The second-order valence-electron chi connectivity index (χ2n) is 4.43. The number of rotatable bonds is 3. The van der Waals surface area contributed by atoms with Gasteiger partial charge in [-0.15, -0.1) is 0 Å². The summed E-state index contributed by atoms with van der Waals surface area (Å²) in [5.74, 6) is 0.162. The third-order valence-electron chi connectivity index (χ3n) is 1.29. The van der Waals surface area contributed by atoms with E-state index in [1.54, 1.807) is 6.08 Å². The quantitative estimate of drug-likeness (QED) is 0.569. The Morgan fingerprint density at radius 1 is 1.07 bits per heavy atom. The van der Waals surface area contributed by atoms with E-state index in [0.29, 0.717) is 11.8 Å². The molecule has 0 unspecified atom stereocenters. The van der Waals surface area contributed by atoms with Crippen molar-refractivity contribution in [2.24, 2.45) is 11.8 Å². The molecule has 15 heavy (non-hydrogen) atoms. The van der Waals surface area contributed by atoms with Crippen molar-refractivity contribution in [3.8, 4) is 0 Å². The molecule has 0 aliphatic rings. The number of carboxylic acids is 1. The average molecular weight is 212 g/mol. The summed E-state index contributed by atoms with van der Waals surface area (Å²) in [5.41, 5.74) is 1.41. The number of hydrogen-bond acceptors (Lipinski definition) is 1. The van der Waals surface area contributed by atoms with Crippen molar-refractivity contribution in [2.45, 2.75) is 41.5 Å². The Labute approximate surface area is 93.7 Å². The van der Waals surface area contributed by atoms with Crippen LogP contribution in [0.2, 0.25) is 0 Å². The van der Waals surface area contributed by atoms with Crippen LogP contribution in [-0.2, 0) is 4.79 Å². The maximum absolute atomic E-state index is 9.82. The van der Waals surface area contributed by atoms with Gasteiger partial charge in [0, 0.05) is 6.08 Å². The van der Waals surface area contributed by atoms with E-state index in [9.17, 15) is 4.79 Å². The summed E-state index contributed by atoms with van der Waals surface area (Å²) in [7, 11) is 0. The van der Waals surface area contributed by atoms with Gasteiger partial charge in [-0.2, -0.15) is 0 Å². The largest absolute Gasteiger partial charge is 0.478 e. The second-order valence-corrected chi connectivity index (χ2v) is 4.43. The SMILES string of the molecule is CC(C)/C=C/C(=O)O.CC(C)=CC(C)C. The molecule has 0 saturated heterocycles. The van der Waals surface area contributed by atoms with Gasteiger partial charge < -0.3 is 5.11 Å². The Kier molecular flexibility index (Phi) is 10.4. The molecule has 0 bridgehead atoms. The molecular formula is C13H24O2. The number of carbonyl (C=O) groups is 1. The van der Waals surface area contributed by atoms with E-state index in [4.69, 9.17) is 5.11 Å². The molecule has 2 heteroatoms. The first-order chi connectivity index (χ1) is 6.75. The molecule has 0 amide bonds. The maximum Gasteiger partial charge on any atom is 0.327 e. The average Bonchev–Trinajstić information content (AvgIpc) is 1.99. The molecule has 88 valence electrons. The number of aliphatic carboxylic acids is 1. The van der Waals surface area contributed by atoms with Gasteiger partial charge in [0.25, 0.3) is 0 Å². The van der Waals surface area contributed by atoms with E-state index in [1.165, 1.54) is 5.57 Å². The Morgan fingerprint density at radius 2 is 1.53 bits per heavy atom. The summed E-state index contributed by atoms with van der Waals surface area (Å²) in [4.78, 5) is 9.82. The molecule has 0 atom stereocenters. The van der Waals surface area contributed by atoms with Gasteiger partial charge in [-0.05, 0) is 25.7 Å². The molecule has 0 aliphatic carbocycles. The number of carboxylic acid groups (broad SMARTS) is 1. The van der Waals surface area contributed by atoms with Crippen LogP contribution in [0.1, 0.15) is 41.5 Å². The first-order valence-corrected chi connectivity index (χ1v) is 5.31. The van der Waals surface area contributed by atoms with Crippen LogP contribution in [0, 0.1) is 11.8 Å². The molecule has 1 N–H and O–H groups in total. The lowest BCUT2D eigenvalue weighted by atomic mass is 10.1. The molecule has 0 rings (SSSR count). The van der Waals surface area contributed by atoms with Gasteiger partial charge >= 0.3 is 5.97 Å². The zero-order valence-corrected chi connectivity index (χ0v) is 10.7. The van der Waals surface area contributed by atoms with Crippen LogP contribution in [0.4, 0.5) is 0 Å². The summed E-state index contributed by atoms with van der Waals surface area (Å²) in [5, 5.41) is 8.08. The highest BCUT2D eigenvalue weighted by Crippen LogP contribution is 1.98. The number of allylic oxidation sites excluding steroid dienone is 3. The molecule has 0 saturated carbocycles. The van der Waals surface area contributed by atoms with Crippen LogP contribution >= 0.6 is 0 Å². The molecule has 0 heterocycles. The fourth-order valence-electron chi connectivity index (χ4n) is 0.941. The summed E-state index contributed by atoms with van der Waals surface area (Å²) in [6.07, 6.45) is 5.05. The van der Waals surface area contributed by atoms with E-state index >= 15 is 0 Å². The predicted molar refractivity (Wildman–Crippen MR) is 65.9 cm³/mol. The van der Waals surface area contributed by atoms with E-state index in [1.807, 2.05) is 13.8 Å². The van der Waals surface area contributed by atoms with Crippen molar-refractivity contribution >= 4 is 5.97 Å². The van der Waals surface area contributed by atoms with Crippen LogP contribution in [0.5, 0.6) is 0 Å². The lowest BCUT2D eigenvalue weighted by molar-refractivity contribution is -0.131. The van der Waals surface area contributed by atoms with Crippen molar-refractivity contribution < 1.29 is 9.90 Å². The smallest absolute Gasteiger partial charge is 0.327 e. The Balaban J connectivity index is 0. The standard InChI is InChI=1S/C7H14.C6H10O2/c1-6(2)5-7(3)4;1-5(2)3-4-6(7)8/h5-6H,1-4H3;3-5H,1-2H3,(H,7,8)/b;4-3+. The highest BCUT2D eigenvalue weighted by atomic mass is 16.4. The molecule has 2 nitrogen and oxygen atoms in total. The second kappa shape index (κ2) is 9.50. The van der Waals surface area contributed by atoms with Crippen molar-refractivity contribution in [1.29, 1.82) is 0 Å². The molecule has 0 aromatic rings. The van der Waals surface area contributed by atoms with Gasteiger partial charge in [0.05, 0.1) is 0 Å². The minimum absolute atomic E-state index is 0.325. The summed E-state index contributed by atoms with van der Waals surface area (Å²) < 4.78 is 0. The van der Waals surface area contributed by atoms with Gasteiger partial charge in [0.2, 0.25) is 0 Å². The van der Waals surface area contributed by atoms with E-state index in [-0.39, 0.29) is 0 Å². The third kappa shape index (κ3) is 24.6. The predicted octanol–water partition coefficient (Wildman–Crippen LogP) is 3.89. The van der Waals surface area contributed by atoms with Crippen LogP contribution in [0.25, 0.3) is 0 Å². The van der Waals surface area contributed by atoms with Crippen molar-refractivity contribution in [2.75, 3.05) is 0 Å². The van der Waals surface area contributed by atoms with Crippen molar-refractivity contribution in [3.05, 3.63) is 23.8 Å². The molecular weight excluding hydrogens is 188 g/mol.